The number of ether oxygens (including phenoxy) is 1. The average molecular weight is 211 g/mol. The van der Waals surface area contributed by atoms with Crippen LogP contribution < -0.4 is 5.32 Å². The Bertz CT molecular complexity index is 228. The predicted molar refractivity (Wildman–Crippen MR) is 58.7 cm³/mol. The van der Waals surface area contributed by atoms with E-state index in [-0.39, 0.29) is 11.6 Å². The second kappa shape index (κ2) is 4.42. The zero-order chi connectivity index (χ0) is 10.7. The quantitative estimate of drug-likeness (QED) is 0.724. The Labute approximate surface area is 91.6 Å². The summed E-state index contributed by atoms with van der Waals surface area (Å²) in [5.74, 6) is 0.694. The van der Waals surface area contributed by atoms with Gasteiger partial charge in [-0.2, -0.15) is 0 Å². The number of rotatable bonds is 1. The molecule has 1 amide bonds. The van der Waals surface area contributed by atoms with E-state index in [1.165, 1.54) is 45.6 Å². The van der Waals surface area contributed by atoms with E-state index in [2.05, 4.69) is 5.32 Å². The Balaban J connectivity index is 2.08. The van der Waals surface area contributed by atoms with E-state index in [1.807, 2.05) is 0 Å². The van der Waals surface area contributed by atoms with E-state index in [0.29, 0.717) is 5.92 Å². The molecule has 0 saturated heterocycles. The van der Waals surface area contributed by atoms with Gasteiger partial charge in [0.05, 0.1) is 7.11 Å². The zero-order valence-electron chi connectivity index (χ0n) is 9.55. The molecule has 0 heterocycles. The molecule has 0 atom stereocenters. The molecule has 15 heavy (non-hydrogen) atoms. The molecule has 86 valence electrons. The molecule has 0 spiro atoms. The number of hydrogen-bond donors (Lipinski definition) is 1. The molecule has 2 saturated carbocycles. The van der Waals surface area contributed by atoms with Crippen molar-refractivity contribution in [3.8, 4) is 0 Å². The van der Waals surface area contributed by atoms with Crippen molar-refractivity contribution in [3.63, 3.8) is 0 Å². The fourth-order valence-electron chi connectivity index (χ4n) is 3.37. The molecule has 0 radical (unpaired) electrons. The van der Waals surface area contributed by atoms with Crippen molar-refractivity contribution in [1.82, 2.24) is 5.32 Å². The predicted octanol–water partition coefficient (Wildman–Crippen LogP) is 2.85. The van der Waals surface area contributed by atoms with Crippen molar-refractivity contribution in [3.05, 3.63) is 0 Å². The summed E-state index contributed by atoms with van der Waals surface area (Å²) in [4.78, 5) is 11.4. The van der Waals surface area contributed by atoms with Crippen LogP contribution in [0.3, 0.4) is 0 Å². The Morgan fingerprint density at radius 2 is 1.80 bits per heavy atom. The molecular weight excluding hydrogens is 190 g/mol. The fourth-order valence-corrected chi connectivity index (χ4v) is 3.37. The molecule has 2 fully saturated rings. The summed E-state index contributed by atoms with van der Waals surface area (Å²) >= 11 is 0. The summed E-state index contributed by atoms with van der Waals surface area (Å²) in [7, 11) is 1.45. The topological polar surface area (TPSA) is 38.3 Å². The van der Waals surface area contributed by atoms with Crippen LogP contribution in [0.25, 0.3) is 0 Å². The van der Waals surface area contributed by atoms with E-state index < -0.39 is 0 Å². The van der Waals surface area contributed by atoms with Crippen LogP contribution in [0.5, 0.6) is 0 Å². The van der Waals surface area contributed by atoms with E-state index >= 15 is 0 Å². The van der Waals surface area contributed by atoms with Crippen LogP contribution in [0, 0.1) is 5.92 Å². The molecule has 0 aliphatic heterocycles. The van der Waals surface area contributed by atoms with Gasteiger partial charge in [-0.25, -0.2) is 4.79 Å². The summed E-state index contributed by atoms with van der Waals surface area (Å²) in [6, 6.07) is 0. The number of alkyl carbamates (subject to hydrolysis) is 1. The van der Waals surface area contributed by atoms with Gasteiger partial charge in [0.2, 0.25) is 0 Å². The van der Waals surface area contributed by atoms with Crippen LogP contribution in [-0.2, 0) is 4.74 Å². The Kier molecular flexibility index (Phi) is 3.17. The first kappa shape index (κ1) is 10.8. The fraction of sp³-hybridized carbons (Fsp3) is 0.917. The normalized spacial score (nSPS) is 35.4. The lowest BCUT2D eigenvalue weighted by atomic mass is 9.65. The molecule has 1 N–H and O–H groups in total. The minimum atomic E-state index is -0.246. The summed E-state index contributed by atoms with van der Waals surface area (Å²) in [5.41, 5.74) is 0.0730. The molecule has 3 heteroatoms. The van der Waals surface area contributed by atoms with Gasteiger partial charge in [-0.05, 0) is 31.6 Å². The minimum Gasteiger partial charge on any atom is -0.453 e. The van der Waals surface area contributed by atoms with Crippen LogP contribution in [0.4, 0.5) is 4.79 Å². The molecule has 0 unspecified atom stereocenters. The Morgan fingerprint density at radius 1 is 1.20 bits per heavy atom. The Hall–Kier alpha value is -0.730. The third kappa shape index (κ3) is 2.11. The maximum Gasteiger partial charge on any atom is 0.407 e. The Morgan fingerprint density at radius 3 is 2.33 bits per heavy atom. The largest absolute Gasteiger partial charge is 0.453 e. The number of hydrogen-bond acceptors (Lipinski definition) is 2. The maximum absolute atomic E-state index is 11.4. The first-order chi connectivity index (χ1) is 7.27. The van der Waals surface area contributed by atoms with Crippen molar-refractivity contribution in [1.29, 1.82) is 0 Å². The van der Waals surface area contributed by atoms with Gasteiger partial charge in [0.1, 0.15) is 0 Å². The number of methoxy groups -OCH3 is 1. The number of carbonyl (C=O) groups excluding carboxylic acids is 1. The summed E-state index contributed by atoms with van der Waals surface area (Å²) < 4.78 is 4.75. The van der Waals surface area contributed by atoms with Crippen LogP contribution in [0.1, 0.15) is 51.4 Å². The van der Waals surface area contributed by atoms with Crippen LogP contribution in [0.15, 0.2) is 0 Å². The average Bonchev–Trinajstić information content (AvgIpc) is 2.28. The molecule has 0 aromatic rings. The highest BCUT2D eigenvalue weighted by Crippen LogP contribution is 2.43. The number of nitrogens with one attached hydrogen (secondary N) is 1. The molecule has 2 rings (SSSR count). The molecule has 0 aromatic heterocycles. The standard InChI is InChI=1S/C12H21NO2/c1-15-11(14)13-12-8-4-2-6-10(12)7-3-5-9-12/h10H,2-9H2,1H3,(H,13,14). The lowest BCUT2D eigenvalue weighted by molar-refractivity contribution is 0.0796. The van der Waals surface area contributed by atoms with Crippen molar-refractivity contribution in [2.24, 2.45) is 5.92 Å². The van der Waals surface area contributed by atoms with Crippen LogP contribution >= 0.6 is 0 Å². The van der Waals surface area contributed by atoms with E-state index in [1.54, 1.807) is 0 Å². The van der Waals surface area contributed by atoms with Crippen LogP contribution in [-0.4, -0.2) is 18.7 Å². The summed E-state index contributed by atoms with van der Waals surface area (Å²) in [6.45, 7) is 0. The van der Waals surface area contributed by atoms with E-state index in [0.717, 1.165) is 12.8 Å². The lowest BCUT2D eigenvalue weighted by Crippen LogP contribution is -2.56. The molecule has 2 aliphatic rings. The molecule has 0 bridgehead atoms. The number of amides is 1. The van der Waals surface area contributed by atoms with Crippen LogP contribution in [0.2, 0.25) is 0 Å². The van der Waals surface area contributed by atoms with Gasteiger partial charge >= 0.3 is 6.09 Å². The maximum atomic E-state index is 11.4. The lowest BCUT2D eigenvalue weighted by Gasteiger charge is -2.47. The minimum absolute atomic E-state index is 0.0730. The third-order valence-electron chi connectivity index (χ3n) is 4.17. The molecule has 0 aromatic carbocycles. The molecular formula is C12H21NO2. The van der Waals surface area contributed by atoms with Gasteiger partial charge in [-0.3, -0.25) is 0 Å². The summed E-state index contributed by atoms with van der Waals surface area (Å²) in [6.07, 6.45) is 9.77. The van der Waals surface area contributed by atoms with E-state index in [4.69, 9.17) is 4.74 Å². The second-order valence-corrected chi connectivity index (χ2v) is 4.96. The second-order valence-electron chi connectivity index (χ2n) is 4.96. The van der Waals surface area contributed by atoms with Crippen molar-refractivity contribution in [2.75, 3.05) is 7.11 Å². The first-order valence-electron chi connectivity index (χ1n) is 6.13. The highest BCUT2D eigenvalue weighted by atomic mass is 16.5. The van der Waals surface area contributed by atoms with Gasteiger partial charge in [-0.1, -0.05) is 25.7 Å². The third-order valence-corrected chi connectivity index (χ3v) is 4.17. The van der Waals surface area contributed by atoms with Gasteiger partial charge in [-0.15, -0.1) is 0 Å². The van der Waals surface area contributed by atoms with Crippen molar-refractivity contribution >= 4 is 6.09 Å². The van der Waals surface area contributed by atoms with Crippen molar-refractivity contribution < 1.29 is 9.53 Å². The summed E-state index contributed by atoms with van der Waals surface area (Å²) in [5, 5.41) is 3.12. The smallest absolute Gasteiger partial charge is 0.407 e. The number of carbonyl (C=O) groups is 1. The SMILES string of the molecule is COC(=O)NC12CCCCC1CCCC2. The van der Waals surface area contributed by atoms with Gasteiger partial charge in [0.25, 0.3) is 0 Å². The van der Waals surface area contributed by atoms with E-state index in [9.17, 15) is 4.79 Å². The molecule has 2 aliphatic carbocycles. The highest BCUT2D eigenvalue weighted by Gasteiger charge is 2.43. The monoisotopic (exact) mass is 211 g/mol. The highest BCUT2D eigenvalue weighted by molar-refractivity contribution is 5.68. The first-order valence-corrected chi connectivity index (χ1v) is 6.13. The van der Waals surface area contributed by atoms with Gasteiger partial charge in [0.15, 0.2) is 0 Å². The number of fused-ring (bicyclic) bond motifs is 1. The molecule has 3 nitrogen and oxygen atoms in total. The van der Waals surface area contributed by atoms with Gasteiger partial charge < -0.3 is 10.1 Å². The van der Waals surface area contributed by atoms with Crippen molar-refractivity contribution in [2.45, 2.75) is 56.9 Å². The van der Waals surface area contributed by atoms with Gasteiger partial charge in [0, 0.05) is 5.54 Å². The zero-order valence-corrected chi connectivity index (χ0v) is 9.55.